The highest BCUT2D eigenvalue weighted by Gasteiger charge is 2.12. The van der Waals surface area contributed by atoms with Gasteiger partial charge in [-0.2, -0.15) is 0 Å². The van der Waals surface area contributed by atoms with Gasteiger partial charge in [0.25, 0.3) is 0 Å². The van der Waals surface area contributed by atoms with Crippen LogP contribution in [0.1, 0.15) is 5.56 Å². The summed E-state index contributed by atoms with van der Waals surface area (Å²) in [6.07, 6.45) is 0. The minimum absolute atomic E-state index is 0.641. The molecule has 0 saturated carbocycles. The summed E-state index contributed by atoms with van der Waals surface area (Å²) in [5.74, 6) is 1.68. The number of ether oxygens (including phenoxy) is 2. The molecule has 1 aromatic rings. The maximum Gasteiger partial charge on any atom is 0.162 e. The van der Waals surface area contributed by atoms with Crippen LogP contribution in [0.15, 0.2) is 16.6 Å². The minimum Gasteiger partial charge on any atom is -0.486 e. The lowest BCUT2D eigenvalue weighted by molar-refractivity contribution is 0.171. The average molecular weight is 229 g/mol. The standard InChI is InChI=1S/C9H9BrO2/c1-6-4-8-9(5-7(6)10)12-3-2-11-8/h4-5H,2-3H2,1H3. The number of halogens is 1. The predicted molar refractivity (Wildman–Crippen MR) is 49.9 cm³/mol. The number of benzene rings is 1. The van der Waals surface area contributed by atoms with Crippen molar-refractivity contribution in [2.75, 3.05) is 13.2 Å². The molecule has 0 N–H and O–H groups in total. The van der Waals surface area contributed by atoms with E-state index in [4.69, 9.17) is 9.47 Å². The lowest BCUT2D eigenvalue weighted by Gasteiger charge is -2.19. The topological polar surface area (TPSA) is 18.5 Å². The minimum atomic E-state index is 0.641. The molecule has 0 fully saturated rings. The number of hydrogen-bond donors (Lipinski definition) is 0. The normalized spacial score (nSPS) is 14.5. The van der Waals surface area contributed by atoms with Crippen LogP contribution in [0, 0.1) is 6.92 Å². The highest BCUT2D eigenvalue weighted by molar-refractivity contribution is 9.10. The zero-order chi connectivity index (χ0) is 8.55. The molecule has 12 heavy (non-hydrogen) atoms. The fourth-order valence-electron chi connectivity index (χ4n) is 1.17. The zero-order valence-corrected chi connectivity index (χ0v) is 8.35. The molecule has 0 unspecified atom stereocenters. The maximum atomic E-state index is 5.41. The van der Waals surface area contributed by atoms with Gasteiger partial charge in [0.15, 0.2) is 11.5 Å². The van der Waals surface area contributed by atoms with Crippen LogP contribution in [0.2, 0.25) is 0 Å². The second kappa shape index (κ2) is 2.98. The summed E-state index contributed by atoms with van der Waals surface area (Å²) in [5, 5.41) is 0. The van der Waals surface area contributed by atoms with E-state index in [0.717, 1.165) is 16.0 Å². The molecule has 0 amide bonds. The Kier molecular flexibility index (Phi) is 1.97. The van der Waals surface area contributed by atoms with Crippen molar-refractivity contribution in [2.45, 2.75) is 6.92 Å². The third kappa shape index (κ3) is 1.29. The Balaban J connectivity index is 2.49. The molecule has 2 nitrogen and oxygen atoms in total. The van der Waals surface area contributed by atoms with Crippen molar-refractivity contribution < 1.29 is 9.47 Å². The van der Waals surface area contributed by atoms with E-state index in [0.29, 0.717) is 13.2 Å². The van der Waals surface area contributed by atoms with Crippen LogP contribution in [-0.2, 0) is 0 Å². The lowest BCUT2D eigenvalue weighted by atomic mass is 10.2. The smallest absolute Gasteiger partial charge is 0.162 e. The van der Waals surface area contributed by atoms with Crippen molar-refractivity contribution in [2.24, 2.45) is 0 Å². The SMILES string of the molecule is Cc1cc2c(cc1Br)OCCO2. The van der Waals surface area contributed by atoms with E-state index in [1.165, 1.54) is 5.56 Å². The van der Waals surface area contributed by atoms with Crippen molar-refractivity contribution in [3.8, 4) is 11.5 Å². The van der Waals surface area contributed by atoms with Crippen molar-refractivity contribution in [1.82, 2.24) is 0 Å². The lowest BCUT2D eigenvalue weighted by Crippen LogP contribution is -2.15. The van der Waals surface area contributed by atoms with E-state index in [2.05, 4.69) is 15.9 Å². The van der Waals surface area contributed by atoms with Gasteiger partial charge in [0, 0.05) is 4.47 Å². The summed E-state index contributed by atoms with van der Waals surface area (Å²) in [4.78, 5) is 0. The third-order valence-corrected chi connectivity index (χ3v) is 2.68. The van der Waals surface area contributed by atoms with Crippen LogP contribution in [0.25, 0.3) is 0 Å². The number of rotatable bonds is 0. The van der Waals surface area contributed by atoms with Gasteiger partial charge in [-0.25, -0.2) is 0 Å². The third-order valence-electron chi connectivity index (χ3n) is 1.82. The fraction of sp³-hybridized carbons (Fsp3) is 0.333. The van der Waals surface area contributed by atoms with Crippen molar-refractivity contribution in [1.29, 1.82) is 0 Å². The van der Waals surface area contributed by atoms with Crippen LogP contribution < -0.4 is 9.47 Å². The van der Waals surface area contributed by atoms with Gasteiger partial charge in [0.2, 0.25) is 0 Å². The Morgan fingerprint density at radius 2 is 1.75 bits per heavy atom. The molecule has 0 aliphatic carbocycles. The molecule has 64 valence electrons. The molecule has 1 aromatic carbocycles. The Bertz CT molecular complexity index is 279. The molecule has 0 radical (unpaired) electrons. The summed E-state index contributed by atoms with van der Waals surface area (Å²) >= 11 is 3.44. The monoisotopic (exact) mass is 228 g/mol. The Morgan fingerprint density at radius 3 is 2.42 bits per heavy atom. The molecule has 1 aliphatic heterocycles. The highest BCUT2D eigenvalue weighted by atomic mass is 79.9. The number of hydrogen-bond acceptors (Lipinski definition) is 2. The summed E-state index contributed by atoms with van der Waals surface area (Å²) in [7, 11) is 0. The van der Waals surface area contributed by atoms with Gasteiger partial charge in [-0.1, -0.05) is 15.9 Å². The molecular formula is C9H9BrO2. The first-order valence-electron chi connectivity index (χ1n) is 3.83. The zero-order valence-electron chi connectivity index (χ0n) is 6.76. The largest absolute Gasteiger partial charge is 0.486 e. The van der Waals surface area contributed by atoms with E-state index < -0.39 is 0 Å². The first-order valence-corrected chi connectivity index (χ1v) is 4.62. The summed E-state index contributed by atoms with van der Waals surface area (Å²) in [6.45, 7) is 3.32. The van der Waals surface area contributed by atoms with Gasteiger partial charge in [-0.15, -0.1) is 0 Å². The average Bonchev–Trinajstić information content (AvgIpc) is 2.07. The van der Waals surface area contributed by atoms with Gasteiger partial charge >= 0.3 is 0 Å². The van der Waals surface area contributed by atoms with Crippen LogP contribution in [0.5, 0.6) is 11.5 Å². The Labute approximate surface area is 79.6 Å². The van der Waals surface area contributed by atoms with E-state index in [1.807, 2.05) is 19.1 Å². The number of fused-ring (bicyclic) bond motifs is 1. The van der Waals surface area contributed by atoms with Crippen LogP contribution >= 0.6 is 15.9 Å². The molecule has 0 bridgehead atoms. The molecular weight excluding hydrogens is 220 g/mol. The quantitative estimate of drug-likeness (QED) is 0.680. The van der Waals surface area contributed by atoms with E-state index in [9.17, 15) is 0 Å². The number of aryl methyl sites for hydroxylation is 1. The highest BCUT2D eigenvalue weighted by Crippen LogP contribution is 2.34. The molecule has 2 rings (SSSR count). The van der Waals surface area contributed by atoms with Crippen molar-refractivity contribution in [3.63, 3.8) is 0 Å². The summed E-state index contributed by atoms with van der Waals surface area (Å²) in [6, 6.07) is 3.93. The van der Waals surface area contributed by atoms with E-state index in [1.54, 1.807) is 0 Å². The second-order valence-electron chi connectivity index (χ2n) is 2.75. The first kappa shape index (κ1) is 7.92. The molecule has 1 aliphatic rings. The van der Waals surface area contributed by atoms with Gasteiger partial charge in [0.05, 0.1) is 0 Å². The van der Waals surface area contributed by atoms with E-state index in [-0.39, 0.29) is 0 Å². The molecule has 0 saturated heterocycles. The van der Waals surface area contributed by atoms with Gasteiger partial charge in [0.1, 0.15) is 13.2 Å². The fourth-order valence-corrected chi connectivity index (χ4v) is 1.49. The summed E-state index contributed by atoms with van der Waals surface area (Å²) < 4.78 is 11.9. The van der Waals surface area contributed by atoms with Crippen molar-refractivity contribution in [3.05, 3.63) is 22.2 Å². The van der Waals surface area contributed by atoms with Crippen LogP contribution in [-0.4, -0.2) is 13.2 Å². The summed E-state index contributed by atoms with van der Waals surface area (Å²) in [5.41, 5.74) is 1.17. The van der Waals surface area contributed by atoms with Gasteiger partial charge in [-0.05, 0) is 24.6 Å². The Hall–Kier alpha value is -0.700. The van der Waals surface area contributed by atoms with Gasteiger partial charge < -0.3 is 9.47 Å². The van der Waals surface area contributed by atoms with Crippen LogP contribution in [0.3, 0.4) is 0 Å². The molecule has 0 atom stereocenters. The molecule has 3 heteroatoms. The first-order chi connectivity index (χ1) is 5.77. The van der Waals surface area contributed by atoms with Crippen LogP contribution in [0.4, 0.5) is 0 Å². The second-order valence-corrected chi connectivity index (χ2v) is 3.60. The van der Waals surface area contributed by atoms with Crippen molar-refractivity contribution >= 4 is 15.9 Å². The maximum absolute atomic E-state index is 5.41. The van der Waals surface area contributed by atoms with E-state index >= 15 is 0 Å². The Morgan fingerprint density at radius 1 is 1.17 bits per heavy atom. The van der Waals surface area contributed by atoms with Gasteiger partial charge in [-0.3, -0.25) is 0 Å². The molecule has 0 aromatic heterocycles. The molecule has 0 spiro atoms. The molecule has 1 heterocycles. The predicted octanol–water partition coefficient (Wildman–Crippen LogP) is 2.53.